The van der Waals surface area contributed by atoms with Gasteiger partial charge >= 0.3 is 0 Å². The zero-order chi connectivity index (χ0) is 19.7. The number of benzene rings is 2. The minimum atomic E-state index is -4.06. The number of rotatable bonds is 5. The molecular formula is C20H15N3O4S. The summed E-state index contributed by atoms with van der Waals surface area (Å²) in [7, 11) is -4.06. The van der Waals surface area contributed by atoms with Gasteiger partial charge in [-0.1, -0.05) is 53.2 Å². The highest BCUT2D eigenvalue weighted by atomic mass is 32.2. The van der Waals surface area contributed by atoms with Crippen LogP contribution in [0.3, 0.4) is 0 Å². The Morgan fingerprint density at radius 2 is 1.68 bits per heavy atom. The number of furan rings is 1. The molecule has 4 rings (SSSR count). The largest absolute Gasteiger partial charge is 0.461 e. The van der Waals surface area contributed by atoms with Crippen molar-refractivity contribution in [2.75, 3.05) is 0 Å². The first-order valence-corrected chi connectivity index (χ1v) is 9.84. The minimum Gasteiger partial charge on any atom is -0.461 e. The lowest BCUT2D eigenvalue weighted by molar-refractivity contribution is 0.100. The molecule has 0 unspecified atom stereocenters. The molecule has 0 aliphatic carbocycles. The standard InChI is InChI=1S/C20H15N3O4S/c1-14-9-11-16(12-10-14)28(25,26)23-19(15-6-3-2-4-7-15)18(21-22-23)20(24)17-8-5-13-27-17/h2-13H,1H3. The van der Waals surface area contributed by atoms with Crippen LogP contribution in [0.1, 0.15) is 21.8 Å². The minimum absolute atomic E-state index is 0.0527. The first kappa shape index (κ1) is 17.9. The summed E-state index contributed by atoms with van der Waals surface area (Å²) in [6, 6.07) is 18.1. The monoisotopic (exact) mass is 393 g/mol. The first-order chi connectivity index (χ1) is 13.5. The van der Waals surface area contributed by atoms with Gasteiger partial charge in [0, 0.05) is 5.56 Å². The quantitative estimate of drug-likeness (QED) is 0.483. The predicted molar refractivity (Wildman–Crippen MR) is 101 cm³/mol. The van der Waals surface area contributed by atoms with Gasteiger partial charge in [-0.15, -0.1) is 9.19 Å². The van der Waals surface area contributed by atoms with Crippen molar-refractivity contribution in [1.29, 1.82) is 0 Å². The smallest absolute Gasteiger partial charge is 0.284 e. The molecule has 2 aromatic heterocycles. The van der Waals surface area contributed by atoms with Crippen LogP contribution < -0.4 is 0 Å². The van der Waals surface area contributed by atoms with Crippen LogP contribution in [0.4, 0.5) is 0 Å². The van der Waals surface area contributed by atoms with E-state index in [4.69, 9.17) is 4.42 Å². The molecule has 2 heterocycles. The van der Waals surface area contributed by atoms with Crippen LogP contribution in [-0.4, -0.2) is 28.6 Å². The van der Waals surface area contributed by atoms with Crippen LogP contribution in [-0.2, 0) is 10.0 Å². The molecule has 0 N–H and O–H groups in total. The number of nitrogens with zero attached hydrogens (tertiary/aromatic N) is 3. The van der Waals surface area contributed by atoms with Crippen LogP contribution in [0.15, 0.2) is 82.3 Å². The predicted octanol–water partition coefficient (Wildman–Crippen LogP) is 3.31. The van der Waals surface area contributed by atoms with Gasteiger partial charge in [-0.05, 0) is 31.2 Å². The summed E-state index contributed by atoms with van der Waals surface area (Å²) in [5.74, 6) is -0.494. The van der Waals surface area contributed by atoms with Gasteiger partial charge in [-0.3, -0.25) is 4.79 Å². The number of hydrogen-bond donors (Lipinski definition) is 0. The summed E-state index contributed by atoms with van der Waals surface area (Å²) >= 11 is 0. The SMILES string of the molecule is Cc1ccc(S(=O)(=O)n2nnc(C(=O)c3ccco3)c2-c2ccccc2)cc1. The molecule has 0 aliphatic rings. The van der Waals surface area contributed by atoms with Crippen LogP contribution in [0.5, 0.6) is 0 Å². The highest BCUT2D eigenvalue weighted by Crippen LogP contribution is 2.27. The lowest BCUT2D eigenvalue weighted by Crippen LogP contribution is -2.16. The van der Waals surface area contributed by atoms with Gasteiger partial charge in [0.05, 0.1) is 11.2 Å². The Morgan fingerprint density at radius 3 is 2.32 bits per heavy atom. The van der Waals surface area contributed by atoms with Gasteiger partial charge in [0.2, 0.25) is 0 Å². The van der Waals surface area contributed by atoms with Gasteiger partial charge in [-0.2, -0.15) is 8.42 Å². The highest BCUT2D eigenvalue weighted by Gasteiger charge is 2.30. The van der Waals surface area contributed by atoms with E-state index in [0.29, 0.717) is 5.56 Å². The number of aromatic nitrogens is 3. The van der Waals surface area contributed by atoms with E-state index < -0.39 is 15.8 Å². The van der Waals surface area contributed by atoms with Gasteiger partial charge in [0.15, 0.2) is 11.5 Å². The number of aryl methyl sites for hydroxylation is 1. The second-order valence-electron chi connectivity index (χ2n) is 6.12. The van der Waals surface area contributed by atoms with E-state index >= 15 is 0 Å². The lowest BCUT2D eigenvalue weighted by Gasteiger charge is -2.09. The maximum absolute atomic E-state index is 13.2. The van der Waals surface area contributed by atoms with Gasteiger partial charge in [0.1, 0.15) is 5.69 Å². The Kier molecular flexibility index (Phi) is 4.40. The Balaban J connectivity index is 1.93. The zero-order valence-corrected chi connectivity index (χ0v) is 15.6. The van der Waals surface area contributed by atoms with Crippen molar-refractivity contribution < 1.29 is 17.6 Å². The molecule has 0 aliphatic heterocycles. The third kappa shape index (κ3) is 3.03. The van der Waals surface area contributed by atoms with Crippen LogP contribution in [0.2, 0.25) is 0 Å². The molecule has 8 heteroatoms. The normalized spacial score (nSPS) is 11.5. The average Bonchev–Trinajstić information content (AvgIpc) is 3.39. The summed E-state index contributed by atoms with van der Waals surface area (Å²) in [4.78, 5) is 12.9. The third-order valence-corrected chi connectivity index (χ3v) is 5.77. The van der Waals surface area contributed by atoms with Crippen molar-refractivity contribution >= 4 is 15.8 Å². The first-order valence-electron chi connectivity index (χ1n) is 8.40. The molecule has 4 aromatic rings. The molecule has 0 fully saturated rings. The Bertz CT molecular complexity index is 1230. The second kappa shape index (κ2) is 6.90. The molecule has 0 spiro atoms. The van der Waals surface area contributed by atoms with Crippen molar-refractivity contribution in [2.45, 2.75) is 11.8 Å². The van der Waals surface area contributed by atoms with Crippen molar-refractivity contribution in [3.05, 3.63) is 90.0 Å². The summed E-state index contributed by atoms with van der Waals surface area (Å²) in [6.07, 6.45) is 1.36. The summed E-state index contributed by atoms with van der Waals surface area (Å²) in [5.41, 5.74) is 1.41. The lowest BCUT2D eigenvalue weighted by atomic mass is 10.1. The Labute approximate surface area is 161 Å². The van der Waals surface area contributed by atoms with Crippen molar-refractivity contribution in [2.24, 2.45) is 0 Å². The van der Waals surface area contributed by atoms with Gasteiger partial charge < -0.3 is 4.42 Å². The Morgan fingerprint density at radius 1 is 0.964 bits per heavy atom. The molecule has 0 amide bonds. The average molecular weight is 393 g/mol. The molecule has 7 nitrogen and oxygen atoms in total. The number of ketones is 1. The summed E-state index contributed by atoms with van der Waals surface area (Å²) < 4.78 is 32.3. The van der Waals surface area contributed by atoms with Crippen LogP contribution >= 0.6 is 0 Å². The van der Waals surface area contributed by atoms with E-state index in [1.807, 2.05) is 6.92 Å². The van der Waals surface area contributed by atoms with Crippen LogP contribution in [0.25, 0.3) is 11.3 Å². The Hall–Kier alpha value is -3.52. The van der Waals surface area contributed by atoms with E-state index in [1.165, 1.54) is 24.5 Å². The maximum Gasteiger partial charge on any atom is 0.284 e. The molecule has 0 saturated carbocycles. The molecule has 0 saturated heterocycles. The molecule has 0 atom stereocenters. The number of carbonyl (C=O) groups is 1. The van der Waals surface area contributed by atoms with E-state index in [2.05, 4.69) is 10.3 Å². The fourth-order valence-electron chi connectivity index (χ4n) is 2.77. The fraction of sp³-hybridized carbons (Fsp3) is 0.0500. The summed E-state index contributed by atoms with van der Waals surface area (Å²) in [6.45, 7) is 1.86. The van der Waals surface area contributed by atoms with Gasteiger partial charge in [-0.25, -0.2) is 0 Å². The van der Waals surface area contributed by atoms with E-state index in [0.717, 1.165) is 9.65 Å². The van der Waals surface area contributed by atoms with E-state index in [1.54, 1.807) is 48.5 Å². The fourth-order valence-corrected chi connectivity index (χ4v) is 4.01. The van der Waals surface area contributed by atoms with Gasteiger partial charge in [0.25, 0.3) is 15.8 Å². The topological polar surface area (TPSA) is 95.1 Å². The van der Waals surface area contributed by atoms with Crippen molar-refractivity contribution in [3.8, 4) is 11.3 Å². The van der Waals surface area contributed by atoms with E-state index in [9.17, 15) is 13.2 Å². The zero-order valence-electron chi connectivity index (χ0n) is 14.8. The number of hydrogen-bond acceptors (Lipinski definition) is 6. The van der Waals surface area contributed by atoms with E-state index in [-0.39, 0.29) is 22.0 Å². The molecule has 2 aromatic carbocycles. The van der Waals surface area contributed by atoms with Crippen molar-refractivity contribution in [1.82, 2.24) is 14.4 Å². The molecular weight excluding hydrogens is 378 g/mol. The van der Waals surface area contributed by atoms with Crippen LogP contribution in [0, 0.1) is 6.92 Å². The third-order valence-electron chi connectivity index (χ3n) is 4.20. The highest BCUT2D eigenvalue weighted by molar-refractivity contribution is 7.90. The molecule has 0 radical (unpaired) electrons. The molecule has 28 heavy (non-hydrogen) atoms. The molecule has 140 valence electrons. The summed E-state index contributed by atoms with van der Waals surface area (Å²) in [5, 5.41) is 7.69. The van der Waals surface area contributed by atoms with Crippen molar-refractivity contribution in [3.63, 3.8) is 0 Å². The molecule has 0 bridgehead atoms. The maximum atomic E-state index is 13.2. The second-order valence-corrected chi connectivity index (χ2v) is 7.89. The number of carbonyl (C=O) groups excluding carboxylic acids is 1.